The number of phenols is 1. The van der Waals surface area contributed by atoms with Gasteiger partial charge in [0.1, 0.15) is 0 Å². The number of halogens is 1. The first-order chi connectivity index (χ1) is 18.1. The maximum atomic E-state index is 13.8. The Hall–Kier alpha value is -3.62. The highest BCUT2D eigenvalue weighted by Crippen LogP contribution is 2.33. The van der Waals surface area contributed by atoms with E-state index in [2.05, 4.69) is 11.6 Å². The van der Waals surface area contributed by atoms with Gasteiger partial charge < -0.3 is 14.6 Å². The maximum absolute atomic E-state index is 13.8. The molecule has 2 heterocycles. The third-order valence-electron chi connectivity index (χ3n) is 5.91. The second-order valence-electron chi connectivity index (χ2n) is 9.04. The van der Waals surface area contributed by atoms with Gasteiger partial charge in [-0.25, -0.2) is 9.79 Å². The number of aromatic nitrogens is 1. The number of hydrogen-bond donors (Lipinski definition) is 1. The molecule has 3 aromatic rings. The van der Waals surface area contributed by atoms with Crippen LogP contribution in [0.2, 0.25) is 5.02 Å². The van der Waals surface area contributed by atoms with Crippen LogP contribution in [0.5, 0.6) is 11.5 Å². The van der Waals surface area contributed by atoms with Gasteiger partial charge in [0.15, 0.2) is 16.3 Å². The van der Waals surface area contributed by atoms with Crippen LogP contribution in [0.15, 0.2) is 70.1 Å². The number of hydrogen-bond acceptors (Lipinski definition) is 7. The first-order valence-electron chi connectivity index (χ1n) is 12.2. The van der Waals surface area contributed by atoms with Gasteiger partial charge in [-0.2, -0.15) is 0 Å². The smallest absolute Gasteiger partial charge is 0.338 e. The number of benzene rings is 2. The van der Waals surface area contributed by atoms with Crippen LogP contribution in [0.3, 0.4) is 0 Å². The molecule has 1 atom stereocenters. The number of ether oxygens (including phenoxy) is 2. The van der Waals surface area contributed by atoms with E-state index in [0.717, 1.165) is 0 Å². The number of nitrogens with zero attached hydrogens (tertiary/aromatic N) is 2. The standard InChI is InChI=1S/C29H29ClN2O5S/c1-6-8-20-13-18(14-22(26(20)33)36-7-2)15-23-27(34)32-25(19-9-11-21(30)12-10-19)24(28(35)37-16(3)4)17(5)31-29(32)38-23/h6,9-16,25,33H,1,7-8H2,2-5H3. The third kappa shape index (κ3) is 5.47. The van der Waals surface area contributed by atoms with Crippen molar-refractivity contribution in [2.75, 3.05) is 6.61 Å². The van der Waals surface area contributed by atoms with E-state index in [4.69, 9.17) is 21.1 Å². The van der Waals surface area contributed by atoms with Crippen molar-refractivity contribution in [1.82, 2.24) is 4.57 Å². The van der Waals surface area contributed by atoms with Crippen LogP contribution in [0.1, 0.15) is 50.4 Å². The summed E-state index contributed by atoms with van der Waals surface area (Å²) in [6.07, 6.45) is 3.53. The van der Waals surface area contributed by atoms with Gasteiger partial charge >= 0.3 is 5.97 Å². The predicted octanol–water partition coefficient (Wildman–Crippen LogP) is 4.67. The van der Waals surface area contributed by atoms with Crippen LogP contribution in [0.4, 0.5) is 0 Å². The molecule has 4 rings (SSSR count). The average Bonchev–Trinajstić information content (AvgIpc) is 3.15. The predicted molar refractivity (Wildman–Crippen MR) is 150 cm³/mol. The molecule has 0 saturated heterocycles. The topological polar surface area (TPSA) is 90.1 Å². The first-order valence-corrected chi connectivity index (χ1v) is 13.4. The van der Waals surface area contributed by atoms with Crippen molar-refractivity contribution in [2.45, 2.75) is 46.3 Å². The first kappa shape index (κ1) is 27.4. The van der Waals surface area contributed by atoms with Crippen molar-refractivity contribution in [3.05, 3.63) is 102 Å². The summed E-state index contributed by atoms with van der Waals surface area (Å²) in [5.74, 6) is -0.138. The van der Waals surface area contributed by atoms with Gasteiger partial charge in [0.2, 0.25) is 0 Å². The second kappa shape index (κ2) is 11.4. The fourth-order valence-electron chi connectivity index (χ4n) is 4.32. The molecule has 38 heavy (non-hydrogen) atoms. The van der Waals surface area contributed by atoms with Gasteiger partial charge in [-0.3, -0.25) is 9.36 Å². The lowest BCUT2D eigenvalue weighted by Crippen LogP contribution is -2.40. The molecule has 1 aliphatic rings. The molecule has 7 nitrogen and oxygen atoms in total. The highest BCUT2D eigenvalue weighted by Gasteiger charge is 2.33. The van der Waals surface area contributed by atoms with E-state index >= 15 is 0 Å². The second-order valence-corrected chi connectivity index (χ2v) is 10.5. The summed E-state index contributed by atoms with van der Waals surface area (Å²) in [4.78, 5) is 32.1. The highest BCUT2D eigenvalue weighted by atomic mass is 35.5. The van der Waals surface area contributed by atoms with Crippen molar-refractivity contribution in [2.24, 2.45) is 4.99 Å². The molecule has 9 heteroatoms. The molecule has 198 valence electrons. The molecule has 1 N–H and O–H groups in total. The molecule has 1 unspecified atom stereocenters. The quantitative estimate of drug-likeness (QED) is 0.324. The van der Waals surface area contributed by atoms with Crippen molar-refractivity contribution >= 4 is 35.0 Å². The molecule has 1 aliphatic heterocycles. The van der Waals surface area contributed by atoms with Crippen molar-refractivity contribution in [1.29, 1.82) is 0 Å². The fraction of sp³-hybridized carbons (Fsp3) is 0.276. The monoisotopic (exact) mass is 552 g/mol. The number of carbonyl (C=O) groups is 1. The zero-order valence-electron chi connectivity index (χ0n) is 21.7. The number of rotatable bonds is 8. The number of phenolic OH excluding ortho intramolecular Hbond substituents is 1. The molecule has 0 aliphatic carbocycles. The fourth-order valence-corrected chi connectivity index (χ4v) is 5.49. The number of carbonyl (C=O) groups excluding carboxylic acids is 1. The van der Waals surface area contributed by atoms with E-state index in [1.807, 2.05) is 6.92 Å². The Morgan fingerprint density at radius 2 is 2.00 bits per heavy atom. The Morgan fingerprint density at radius 1 is 1.29 bits per heavy atom. The van der Waals surface area contributed by atoms with Crippen LogP contribution >= 0.6 is 22.9 Å². The zero-order valence-corrected chi connectivity index (χ0v) is 23.2. The Labute approximate surface area is 229 Å². The van der Waals surface area contributed by atoms with Crippen LogP contribution < -0.4 is 19.6 Å². The molecule has 0 fully saturated rings. The van der Waals surface area contributed by atoms with Gasteiger partial charge in [-0.1, -0.05) is 41.1 Å². The number of allylic oxidation sites excluding steroid dienone is 2. The van der Waals surface area contributed by atoms with Gasteiger partial charge in [0.25, 0.3) is 5.56 Å². The van der Waals surface area contributed by atoms with Crippen LogP contribution in [-0.2, 0) is 16.0 Å². The SMILES string of the molecule is C=CCc1cc(C=c2sc3n(c2=O)C(c2ccc(Cl)cc2)C(C(=O)OC(C)C)=C(C)N=3)cc(OCC)c1O. The van der Waals surface area contributed by atoms with Crippen LogP contribution in [0, 0.1) is 0 Å². The summed E-state index contributed by atoms with van der Waals surface area (Å²) >= 11 is 7.35. The lowest BCUT2D eigenvalue weighted by atomic mass is 9.96. The minimum absolute atomic E-state index is 0.0528. The summed E-state index contributed by atoms with van der Waals surface area (Å²) in [5, 5.41) is 11.1. The summed E-state index contributed by atoms with van der Waals surface area (Å²) in [6, 6.07) is 9.79. The Morgan fingerprint density at radius 3 is 2.63 bits per heavy atom. The number of aromatic hydroxyl groups is 1. The minimum Gasteiger partial charge on any atom is -0.504 e. The zero-order chi connectivity index (χ0) is 27.6. The molecule has 0 saturated carbocycles. The Balaban J connectivity index is 1.93. The number of thiazole rings is 1. The van der Waals surface area contributed by atoms with E-state index in [1.54, 1.807) is 69.3 Å². The maximum Gasteiger partial charge on any atom is 0.338 e. The third-order valence-corrected chi connectivity index (χ3v) is 7.14. The Bertz CT molecular complexity index is 1600. The van der Waals surface area contributed by atoms with Crippen molar-refractivity contribution in [3.8, 4) is 11.5 Å². The molecule has 0 amide bonds. The Kier molecular flexibility index (Phi) is 8.23. The summed E-state index contributed by atoms with van der Waals surface area (Å²) in [5.41, 5.74) is 2.53. The van der Waals surface area contributed by atoms with Crippen molar-refractivity contribution in [3.63, 3.8) is 0 Å². The molecule has 0 spiro atoms. The summed E-state index contributed by atoms with van der Waals surface area (Å²) < 4.78 is 13.1. The normalized spacial score (nSPS) is 15.3. The van der Waals surface area contributed by atoms with Gasteiger partial charge in [0.05, 0.1) is 34.6 Å². The lowest BCUT2D eigenvalue weighted by Gasteiger charge is -2.25. The molecular weight excluding hydrogens is 524 g/mol. The largest absolute Gasteiger partial charge is 0.504 e. The average molecular weight is 553 g/mol. The van der Waals surface area contributed by atoms with E-state index in [9.17, 15) is 14.7 Å². The summed E-state index contributed by atoms with van der Waals surface area (Å²) in [7, 11) is 0. The molecule has 1 aromatic heterocycles. The van der Waals surface area contributed by atoms with Crippen molar-refractivity contribution < 1.29 is 19.4 Å². The lowest BCUT2D eigenvalue weighted by molar-refractivity contribution is -0.143. The van der Waals surface area contributed by atoms with Gasteiger partial charge in [-0.05, 0) is 75.6 Å². The van der Waals surface area contributed by atoms with E-state index in [-0.39, 0.29) is 17.4 Å². The number of fused-ring (bicyclic) bond motifs is 1. The van der Waals surface area contributed by atoms with Crippen LogP contribution in [-0.4, -0.2) is 28.4 Å². The van der Waals surface area contributed by atoms with E-state index in [1.165, 1.54) is 15.9 Å². The van der Waals surface area contributed by atoms with Crippen LogP contribution in [0.25, 0.3) is 6.08 Å². The van der Waals surface area contributed by atoms with Gasteiger partial charge in [0, 0.05) is 10.6 Å². The molecule has 0 radical (unpaired) electrons. The summed E-state index contributed by atoms with van der Waals surface area (Å²) in [6.45, 7) is 11.3. The number of esters is 1. The molecule has 0 bridgehead atoms. The van der Waals surface area contributed by atoms with E-state index < -0.39 is 12.0 Å². The highest BCUT2D eigenvalue weighted by molar-refractivity contribution is 7.07. The van der Waals surface area contributed by atoms with Gasteiger partial charge in [-0.15, -0.1) is 6.58 Å². The minimum atomic E-state index is -0.730. The molecule has 2 aromatic carbocycles. The molecular formula is C29H29ClN2O5S. The van der Waals surface area contributed by atoms with E-state index in [0.29, 0.717) is 61.1 Å².